The van der Waals surface area contributed by atoms with Crippen molar-refractivity contribution in [2.75, 3.05) is 0 Å². The normalized spacial score (nSPS) is 14.3. The quantitative estimate of drug-likeness (QED) is 0.809. The van der Waals surface area contributed by atoms with Gasteiger partial charge in [0.25, 0.3) is 0 Å². The molecule has 18 heavy (non-hydrogen) atoms. The maximum Gasteiger partial charge on any atom is 0.0684 e. The monoisotopic (exact) mass is 238 g/mol. The van der Waals surface area contributed by atoms with E-state index in [1.165, 1.54) is 22.3 Å². The molecule has 4 bridgehead atoms. The van der Waals surface area contributed by atoms with Crippen LogP contribution >= 0.6 is 0 Å². The van der Waals surface area contributed by atoms with Crippen LogP contribution in [-0.4, -0.2) is 5.11 Å². The van der Waals surface area contributed by atoms with E-state index in [0.29, 0.717) is 0 Å². The van der Waals surface area contributed by atoms with E-state index >= 15 is 0 Å². The van der Waals surface area contributed by atoms with Crippen LogP contribution in [0, 0.1) is 0 Å². The zero-order valence-corrected chi connectivity index (χ0v) is 10.5. The van der Waals surface area contributed by atoms with E-state index in [1.54, 1.807) is 0 Å². The Morgan fingerprint density at radius 1 is 0.722 bits per heavy atom. The molecule has 0 amide bonds. The number of benzene rings is 2. The summed E-state index contributed by atoms with van der Waals surface area (Å²) in [6.07, 6.45) is 4.18. The predicted molar refractivity (Wildman–Crippen MR) is 73.6 cm³/mol. The van der Waals surface area contributed by atoms with Crippen molar-refractivity contribution < 1.29 is 5.11 Å². The molecule has 0 aromatic heterocycles. The average Bonchev–Trinajstić information content (AvgIpc) is 2.41. The highest BCUT2D eigenvalue weighted by Crippen LogP contribution is 2.19. The minimum absolute atomic E-state index is 0.154. The minimum atomic E-state index is 0.154. The van der Waals surface area contributed by atoms with Crippen molar-refractivity contribution in [3.05, 3.63) is 70.3 Å². The molecular formula is C17H18O. The molecule has 0 saturated carbocycles. The molecule has 1 N–H and O–H groups in total. The first kappa shape index (κ1) is 11.5. The fourth-order valence-corrected chi connectivity index (χ4v) is 2.67. The van der Waals surface area contributed by atoms with Crippen molar-refractivity contribution in [2.24, 2.45) is 0 Å². The second-order valence-corrected chi connectivity index (χ2v) is 5.08. The Labute approximate surface area is 108 Å². The first-order chi connectivity index (χ1) is 8.85. The Bertz CT molecular complexity index is 540. The van der Waals surface area contributed by atoms with Crippen molar-refractivity contribution >= 4 is 0 Å². The molecule has 0 atom stereocenters. The molecule has 0 aliphatic heterocycles. The summed E-state index contributed by atoms with van der Waals surface area (Å²) in [6.45, 7) is 0.154. The molecule has 0 heterocycles. The summed E-state index contributed by atoms with van der Waals surface area (Å²) in [4.78, 5) is 0. The standard InChI is InChI=1S/C17H18O/c18-12-17-11-15-6-5-13-1-3-14(4-2-13)7-9-16(17)10-8-15/h1-4,8,10-11,18H,5-7,9,12H2. The van der Waals surface area contributed by atoms with Crippen LogP contribution in [0.3, 0.4) is 0 Å². The molecule has 2 aromatic rings. The van der Waals surface area contributed by atoms with Gasteiger partial charge in [0.2, 0.25) is 0 Å². The van der Waals surface area contributed by atoms with E-state index in [9.17, 15) is 5.11 Å². The van der Waals surface area contributed by atoms with Crippen molar-refractivity contribution in [1.82, 2.24) is 0 Å². The molecule has 0 spiro atoms. The van der Waals surface area contributed by atoms with E-state index in [1.807, 2.05) is 0 Å². The van der Waals surface area contributed by atoms with Crippen molar-refractivity contribution in [3.8, 4) is 0 Å². The highest BCUT2D eigenvalue weighted by atomic mass is 16.3. The van der Waals surface area contributed by atoms with Gasteiger partial charge in [-0.25, -0.2) is 0 Å². The molecule has 0 fully saturated rings. The SMILES string of the molecule is OCc1cc2ccc1CCc1ccc(cc1)CC2. The van der Waals surface area contributed by atoms with Crippen molar-refractivity contribution in [2.45, 2.75) is 32.3 Å². The van der Waals surface area contributed by atoms with Gasteiger partial charge in [0.1, 0.15) is 0 Å². The summed E-state index contributed by atoms with van der Waals surface area (Å²) < 4.78 is 0. The average molecular weight is 238 g/mol. The highest BCUT2D eigenvalue weighted by molar-refractivity contribution is 5.34. The summed E-state index contributed by atoms with van der Waals surface area (Å²) in [7, 11) is 0. The fraction of sp³-hybridized carbons (Fsp3) is 0.294. The third kappa shape index (κ3) is 2.32. The second-order valence-electron chi connectivity index (χ2n) is 5.08. The maximum absolute atomic E-state index is 9.47. The Balaban J connectivity index is 2.00. The maximum atomic E-state index is 9.47. The van der Waals surface area contributed by atoms with Crippen LogP contribution in [0.4, 0.5) is 0 Å². The third-order valence-corrected chi connectivity index (χ3v) is 3.85. The van der Waals surface area contributed by atoms with E-state index in [4.69, 9.17) is 0 Å². The van der Waals surface area contributed by atoms with Gasteiger partial charge in [0.15, 0.2) is 0 Å². The molecule has 4 aliphatic carbocycles. The topological polar surface area (TPSA) is 20.2 Å². The van der Waals surface area contributed by atoms with Gasteiger partial charge in [-0.15, -0.1) is 0 Å². The lowest BCUT2D eigenvalue weighted by molar-refractivity contribution is 0.280. The van der Waals surface area contributed by atoms with Crippen LogP contribution in [-0.2, 0) is 32.3 Å². The Kier molecular flexibility index (Phi) is 3.16. The lowest BCUT2D eigenvalue weighted by Gasteiger charge is -2.13. The molecular weight excluding hydrogens is 220 g/mol. The molecule has 0 saturated heterocycles. The number of aryl methyl sites for hydroxylation is 4. The van der Waals surface area contributed by atoms with Crippen molar-refractivity contribution in [1.29, 1.82) is 0 Å². The molecule has 0 radical (unpaired) electrons. The summed E-state index contributed by atoms with van der Waals surface area (Å²) in [5.74, 6) is 0. The fourth-order valence-electron chi connectivity index (χ4n) is 2.67. The van der Waals surface area contributed by atoms with Gasteiger partial charge in [0.05, 0.1) is 6.61 Å². The van der Waals surface area contributed by atoms with Crippen LogP contribution in [0.5, 0.6) is 0 Å². The lowest BCUT2D eigenvalue weighted by Crippen LogP contribution is -2.02. The number of aliphatic hydroxyl groups excluding tert-OH is 1. The Morgan fingerprint density at radius 2 is 1.28 bits per heavy atom. The molecule has 4 aliphatic rings. The largest absolute Gasteiger partial charge is 0.392 e. The zero-order valence-electron chi connectivity index (χ0n) is 10.5. The van der Waals surface area contributed by atoms with Gasteiger partial charge in [-0.05, 0) is 53.5 Å². The van der Waals surface area contributed by atoms with Gasteiger partial charge in [0, 0.05) is 0 Å². The number of rotatable bonds is 1. The molecule has 2 aromatic carbocycles. The smallest absolute Gasteiger partial charge is 0.0684 e. The minimum Gasteiger partial charge on any atom is -0.392 e. The second kappa shape index (κ2) is 4.95. The zero-order chi connectivity index (χ0) is 12.4. The first-order valence-electron chi connectivity index (χ1n) is 6.64. The van der Waals surface area contributed by atoms with Gasteiger partial charge < -0.3 is 5.11 Å². The molecule has 1 heteroatoms. The van der Waals surface area contributed by atoms with E-state index in [2.05, 4.69) is 42.5 Å². The Hall–Kier alpha value is -1.60. The number of hydrogen-bond acceptors (Lipinski definition) is 1. The van der Waals surface area contributed by atoms with Crippen LogP contribution in [0.2, 0.25) is 0 Å². The third-order valence-electron chi connectivity index (χ3n) is 3.85. The van der Waals surface area contributed by atoms with Gasteiger partial charge >= 0.3 is 0 Å². The summed E-state index contributed by atoms with van der Waals surface area (Å²) in [5, 5.41) is 9.47. The number of aliphatic hydroxyl groups is 1. The van der Waals surface area contributed by atoms with Gasteiger partial charge in [-0.2, -0.15) is 0 Å². The van der Waals surface area contributed by atoms with E-state index in [0.717, 1.165) is 31.2 Å². The van der Waals surface area contributed by atoms with Crippen molar-refractivity contribution in [3.63, 3.8) is 0 Å². The van der Waals surface area contributed by atoms with E-state index < -0.39 is 0 Å². The molecule has 0 unspecified atom stereocenters. The molecule has 1 nitrogen and oxygen atoms in total. The number of hydrogen-bond donors (Lipinski definition) is 1. The van der Waals surface area contributed by atoms with Crippen LogP contribution < -0.4 is 0 Å². The Morgan fingerprint density at radius 3 is 1.94 bits per heavy atom. The molecule has 92 valence electrons. The predicted octanol–water partition coefficient (Wildman–Crippen LogP) is 3.06. The molecule has 6 rings (SSSR count). The van der Waals surface area contributed by atoms with Gasteiger partial charge in [-0.3, -0.25) is 0 Å². The van der Waals surface area contributed by atoms with Crippen LogP contribution in [0.1, 0.15) is 27.8 Å². The van der Waals surface area contributed by atoms with Crippen LogP contribution in [0.15, 0.2) is 42.5 Å². The summed E-state index contributed by atoms with van der Waals surface area (Å²) >= 11 is 0. The summed E-state index contributed by atoms with van der Waals surface area (Å²) in [5.41, 5.74) is 6.49. The van der Waals surface area contributed by atoms with Gasteiger partial charge in [-0.1, -0.05) is 42.5 Å². The highest BCUT2D eigenvalue weighted by Gasteiger charge is 2.06. The van der Waals surface area contributed by atoms with Crippen LogP contribution in [0.25, 0.3) is 0 Å². The lowest BCUT2D eigenvalue weighted by atomic mass is 9.94. The summed E-state index contributed by atoms with van der Waals surface area (Å²) in [6, 6.07) is 15.5. The van der Waals surface area contributed by atoms with E-state index in [-0.39, 0.29) is 6.61 Å². The first-order valence-corrected chi connectivity index (χ1v) is 6.64.